The Balaban J connectivity index is 1.37. The van der Waals surface area contributed by atoms with Gasteiger partial charge in [-0.2, -0.15) is 0 Å². The Hall–Kier alpha value is -2.33. The molecule has 2 aromatic rings. The first kappa shape index (κ1) is 19.0. The SMILES string of the molecule is O=C(c1ccccc1OCc1ccccc1)N1CCC(C2CCNCC2)CC1. The molecule has 4 heteroatoms. The molecular weight excluding hydrogens is 348 g/mol. The molecule has 4 rings (SSSR count). The Morgan fingerprint density at radius 1 is 0.893 bits per heavy atom. The second-order valence-corrected chi connectivity index (χ2v) is 7.99. The maximum absolute atomic E-state index is 13.2. The van der Waals surface area contributed by atoms with Gasteiger partial charge in [0.2, 0.25) is 0 Å². The smallest absolute Gasteiger partial charge is 0.257 e. The van der Waals surface area contributed by atoms with Crippen molar-refractivity contribution in [1.29, 1.82) is 0 Å². The number of amides is 1. The highest BCUT2D eigenvalue weighted by Gasteiger charge is 2.30. The summed E-state index contributed by atoms with van der Waals surface area (Å²) < 4.78 is 6.00. The fourth-order valence-corrected chi connectivity index (χ4v) is 4.56. The maximum Gasteiger partial charge on any atom is 0.257 e. The van der Waals surface area contributed by atoms with Gasteiger partial charge in [0, 0.05) is 13.1 Å². The van der Waals surface area contributed by atoms with Gasteiger partial charge in [0.25, 0.3) is 5.91 Å². The summed E-state index contributed by atoms with van der Waals surface area (Å²) >= 11 is 0. The summed E-state index contributed by atoms with van der Waals surface area (Å²) in [7, 11) is 0. The van der Waals surface area contributed by atoms with Crippen molar-refractivity contribution < 1.29 is 9.53 Å². The molecule has 0 spiro atoms. The number of hydrogen-bond donors (Lipinski definition) is 1. The van der Waals surface area contributed by atoms with Crippen molar-refractivity contribution >= 4 is 5.91 Å². The number of rotatable bonds is 5. The van der Waals surface area contributed by atoms with Crippen LogP contribution in [0.5, 0.6) is 5.75 Å². The van der Waals surface area contributed by atoms with Gasteiger partial charge in [-0.25, -0.2) is 0 Å². The fourth-order valence-electron chi connectivity index (χ4n) is 4.56. The minimum atomic E-state index is 0.104. The van der Waals surface area contributed by atoms with E-state index >= 15 is 0 Å². The fraction of sp³-hybridized carbons (Fsp3) is 0.458. The number of nitrogens with zero attached hydrogens (tertiary/aromatic N) is 1. The average molecular weight is 379 g/mol. The van der Waals surface area contributed by atoms with Gasteiger partial charge in [0.1, 0.15) is 12.4 Å². The molecule has 1 N–H and O–H groups in total. The zero-order valence-electron chi connectivity index (χ0n) is 16.5. The van der Waals surface area contributed by atoms with Gasteiger partial charge in [0.15, 0.2) is 0 Å². The van der Waals surface area contributed by atoms with Crippen molar-refractivity contribution in [2.45, 2.75) is 32.3 Å². The number of hydrogen-bond acceptors (Lipinski definition) is 3. The summed E-state index contributed by atoms with van der Waals surface area (Å²) in [4.78, 5) is 15.2. The van der Waals surface area contributed by atoms with Crippen LogP contribution in [-0.4, -0.2) is 37.0 Å². The molecule has 0 atom stereocenters. The van der Waals surface area contributed by atoms with Crippen LogP contribution < -0.4 is 10.1 Å². The molecule has 0 saturated carbocycles. The van der Waals surface area contributed by atoms with Crippen molar-refractivity contribution in [2.75, 3.05) is 26.2 Å². The molecule has 2 fully saturated rings. The van der Waals surface area contributed by atoms with Gasteiger partial charge in [-0.15, -0.1) is 0 Å². The van der Waals surface area contributed by atoms with E-state index in [1.807, 2.05) is 59.5 Å². The van der Waals surface area contributed by atoms with Crippen LogP contribution in [0, 0.1) is 11.8 Å². The van der Waals surface area contributed by atoms with Crippen molar-refractivity contribution in [3.8, 4) is 5.75 Å². The second kappa shape index (κ2) is 9.24. The molecular formula is C24H30N2O2. The minimum Gasteiger partial charge on any atom is -0.488 e. The first-order chi connectivity index (χ1) is 13.8. The van der Waals surface area contributed by atoms with Crippen LogP contribution in [0.25, 0.3) is 0 Å². The van der Waals surface area contributed by atoms with E-state index in [1.54, 1.807) is 0 Å². The molecule has 1 amide bonds. The Labute approximate surface area is 167 Å². The second-order valence-electron chi connectivity index (χ2n) is 7.99. The Morgan fingerprint density at radius 2 is 1.54 bits per heavy atom. The van der Waals surface area contributed by atoms with Gasteiger partial charge in [-0.05, 0) is 68.3 Å². The van der Waals surface area contributed by atoms with Gasteiger partial charge in [0.05, 0.1) is 5.56 Å². The number of piperidine rings is 2. The molecule has 2 saturated heterocycles. The number of carbonyl (C=O) groups excluding carboxylic acids is 1. The van der Waals surface area contributed by atoms with Crippen LogP contribution in [0.2, 0.25) is 0 Å². The summed E-state index contributed by atoms with van der Waals surface area (Å²) in [5.74, 6) is 2.39. The number of carbonyl (C=O) groups is 1. The van der Waals surface area contributed by atoms with Gasteiger partial charge in [-0.1, -0.05) is 42.5 Å². The third-order valence-electron chi connectivity index (χ3n) is 6.23. The first-order valence-electron chi connectivity index (χ1n) is 10.6. The molecule has 28 heavy (non-hydrogen) atoms. The standard InChI is InChI=1S/C24H30N2O2/c27-24(26-16-12-21(13-17-26)20-10-14-25-15-11-20)22-8-4-5-9-23(22)28-18-19-6-2-1-3-7-19/h1-9,20-21,25H,10-18H2. The molecule has 0 bridgehead atoms. The van der Waals surface area contributed by atoms with Crippen LogP contribution in [0.1, 0.15) is 41.6 Å². The summed E-state index contributed by atoms with van der Waals surface area (Å²) in [5.41, 5.74) is 1.78. The highest BCUT2D eigenvalue weighted by molar-refractivity contribution is 5.97. The minimum absolute atomic E-state index is 0.104. The third-order valence-corrected chi connectivity index (χ3v) is 6.23. The van der Waals surface area contributed by atoms with E-state index in [9.17, 15) is 4.79 Å². The predicted octanol–water partition coefficient (Wildman–Crippen LogP) is 4.12. The van der Waals surface area contributed by atoms with Crippen molar-refractivity contribution in [2.24, 2.45) is 11.8 Å². The molecule has 2 heterocycles. The maximum atomic E-state index is 13.2. The van der Waals surface area contributed by atoms with Crippen molar-refractivity contribution in [3.05, 3.63) is 65.7 Å². The van der Waals surface area contributed by atoms with E-state index < -0.39 is 0 Å². The highest BCUT2D eigenvalue weighted by atomic mass is 16.5. The van der Waals surface area contributed by atoms with E-state index in [4.69, 9.17) is 4.74 Å². The molecule has 0 aliphatic carbocycles. The molecule has 0 radical (unpaired) electrons. The topological polar surface area (TPSA) is 41.6 Å². The third kappa shape index (κ3) is 4.56. The lowest BCUT2D eigenvalue weighted by Gasteiger charge is -2.38. The Morgan fingerprint density at radius 3 is 2.29 bits per heavy atom. The van der Waals surface area contributed by atoms with E-state index in [2.05, 4.69) is 5.32 Å². The van der Waals surface area contributed by atoms with E-state index in [0.29, 0.717) is 17.9 Å². The predicted molar refractivity (Wildman–Crippen MR) is 111 cm³/mol. The number of benzene rings is 2. The summed E-state index contributed by atoms with van der Waals surface area (Å²) in [6.07, 6.45) is 4.83. The first-order valence-corrected chi connectivity index (χ1v) is 10.6. The summed E-state index contributed by atoms with van der Waals surface area (Å²) in [5, 5.41) is 3.45. The lowest BCUT2D eigenvalue weighted by Crippen LogP contribution is -2.42. The quantitative estimate of drug-likeness (QED) is 0.851. The molecule has 2 aliphatic heterocycles. The van der Waals surface area contributed by atoms with Crippen molar-refractivity contribution in [3.63, 3.8) is 0 Å². The van der Waals surface area contributed by atoms with Gasteiger partial charge in [-0.3, -0.25) is 4.79 Å². The molecule has 0 unspecified atom stereocenters. The number of likely N-dealkylation sites (tertiary alicyclic amines) is 1. The molecule has 0 aromatic heterocycles. The monoisotopic (exact) mass is 378 g/mol. The molecule has 148 valence electrons. The van der Waals surface area contributed by atoms with Crippen LogP contribution in [0.4, 0.5) is 0 Å². The van der Waals surface area contributed by atoms with Crippen LogP contribution in [0.15, 0.2) is 54.6 Å². The number of ether oxygens (including phenoxy) is 1. The lowest BCUT2D eigenvalue weighted by molar-refractivity contribution is 0.0637. The lowest BCUT2D eigenvalue weighted by atomic mass is 9.79. The Bertz CT molecular complexity index is 763. The van der Waals surface area contributed by atoms with Crippen molar-refractivity contribution in [1.82, 2.24) is 10.2 Å². The molecule has 4 nitrogen and oxygen atoms in total. The Kier molecular flexibility index (Phi) is 6.27. The van der Waals surface area contributed by atoms with Gasteiger partial charge >= 0.3 is 0 Å². The van der Waals surface area contributed by atoms with E-state index in [1.165, 1.54) is 12.8 Å². The van der Waals surface area contributed by atoms with E-state index in [0.717, 1.165) is 56.4 Å². The molecule has 2 aromatic carbocycles. The van der Waals surface area contributed by atoms with E-state index in [-0.39, 0.29) is 5.91 Å². The number of nitrogens with one attached hydrogen (secondary N) is 1. The summed E-state index contributed by atoms with van der Waals surface area (Å²) in [6, 6.07) is 17.7. The van der Waals surface area contributed by atoms with Crippen LogP contribution in [0.3, 0.4) is 0 Å². The number of para-hydroxylation sites is 1. The van der Waals surface area contributed by atoms with Gasteiger partial charge < -0.3 is 15.0 Å². The molecule has 2 aliphatic rings. The zero-order valence-corrected chi connectivity index (χ0v) is 16.5. The average Bonchev–Trinajstić information content (AvgIpc) is 2.79. The zero-order chi connectivity index (χ0) is 19.2. The normalized spacial score (nSPS) is 18.8. The van der Waals surface area contributed by atoms with Crippen LogP contribution in [-0.2, 0) is 6.61 Å². The highest BCUT2D eigenvalue weighted by Crippen LogP contribution is 2.32. The summed E-state index contributed by atoms with van der Waals surface area (Å²) in [6.45, 7) is 4.50. The largest absolute Gasteiger partial charge is 0.488 e. The van der Waals surface area contributed by atoms with Crippen LogP contribution >= 0.6 is 0 Å².